The lowest BCUT2D eigenvalue weighted by atomic mass is 10.1. The normalized spacial score (nSPS) is 16.3. The van der Waals surface area contributed by atoms with Crippen molar-refractivity contribution in [2.45, 2.75) is 26.2 Å². The summed E-state index contributed by atoms with van der Waals surface area (Å²) in [5.74, 6) is -0.0815. The van der Waals surface area contributed by atoms with Gasteiger partial charge in [-0.15, -0.1) is 0 Å². The molecular formula is C15H21ClN2O. The van der Waals surface area contributed by atoms with E-state index in [1.807, 2.05) is 19.1 Å². The van der Waals surface area contributed by atoms with Crippen LogP contribution in [0.2, 0.25) is 5.02 Å². The molecule has 0 aliphatic carbocycles. The summed E-state index contributed by atoms with van der Waals surface area (Å²) in [6, 6.07) is 5.51. The molecule has 104 valence electrons. The number of hydrogen-bond donors (Lipinski definition) is 1. The summed E-state index contributed by atoms with van der Waals surface area (Å²) in [4.78, 5) is 14.4. The van der Waals surface area contributed by atoms with Crippen LogP contribution in [0.4, 0.5) is 0 Å². The highest BCUT2D eigenvalue weighted by molar-refractivity contribution is 6.33. The highest BCUT2D eigenvalue weighted by atomic mass is 35.5. The average Bonchev–Trinajstić information content (AvgIpc) is 2.39. The van der Waals surface area contributed by atoms with Crippen LogP contribution in [0.15, 0.2) is 18.2 Å². The Balaban J connectivity index is 1.80. The first-order valence-corrected chi connectivity index (χ1v) is 7.31. The van der Waals surface area contributed by atoms with Gasteiger partial charge in [-0.05, 0) is 50.6 Å². The van der Waals surface area contributed by atoms with Crippen molar-refractivity contribution in [2.24, 2.45) is 0 Å². The lowest BCUT2D eigenvalue weighted by Crippen LogP contribution is -2.37. The van der Waals surface area contributed by atoms with Crippen molar-refractivity contribution in [3.8, 4) is 0 Å². The topological polar surface area (TPSA) is 32.3 Å². The molecule has 0 unspecified atom stereocenters. The summed E-state index contributed by atoms with van der Waals surface area (Å²) in [7, 11) is 0. The highest BCUT2D eigenvalue weighted by Gasteiger charge is 2.12. The van der Waals surface area contributed by atoms with Gasteiger partial charge >= 0.3 is 0 Å². The van der Waals surface area contributed by atoms with Crippen molar-refractivity contribution in [1.29, 1.82) is 0 Å². The van der Waals surface area contributed by atoms with Crippen molar-refractivity contribution in [1.82, 2.24) is 10.2 Å². The monoisotopic (exact) mass is 280 g/mol. The van der Waals surface area contributed by atoms with Crippen molar-refractivity contribution < 1.29 is 4.79 Å². The number of aryl methyl sites for hydroxylation is 1. The summed E-state index contributed by atoms with van der Waals surface area (Å²) < 4.78 is 0. The molecule has 0 saturated carbocycles. The standard InChI is InChI=1S/C15H21ClN2O/c1-12-5-6-13(14(16)11-12)15(19)17-7-10-18-8-3-2-4-9-18/h5-6,11H,2-4,7-10H2,1H3,(H,17,19). The van der Waals surface area contributed by atoms with Crippen molar-refractivity contribution in [2.75, 3.05) is 26.2 Å². The molecule has 1 aromatic rings. The molecule has 1 heterocycles. The molecule has 0 bridgehead atoms. The van der Waals surface area contributed by atoms with Crippen LogP contribution in [0.1, 0.15) is 35.2 Å². The molecule has 1 N–H and O–H groups in total. The van der Waals surface area contributed by atoms with Crippen molar-refractivity contribution >= 4 is 17.5 Å². The van der Waals surface area contributed by atoms with E-state index in [0.29, 0.717) is 17.1 Å². The number of rotatable bonds is 4. The van der Waals surface area contributed by atoms with E-state index in [9.17, 15) is 4.79 Å². The number of halogens is 1. The van der Waals surface area contributed by atoms with Crippen LogP contribution in [0.25, 0.3) is 0 Å². The molecule has 1 aliphatic heterocycles. The van der Waals surface area contributed by atoms with Crippen molar-refractivity contribution in [3.63, 3.8) is 0 Å². The van der Waals surface area contributed by atoms with E-state index in [1.165, 1.54) is 19.3 Å². The number of carbonyl (C=O) groups excluding carboxylic acids is 1. The Labute approximate surface area is 119 Å². The zero-order chi connectivity index (χ0) is 13.7. The van der Waals surface area contributed by atoms with Crippen molar-refractivity contribution in [3.05, 3.63) is 34.3 Å². The van der Waals surface area contributed by atoms with Crippen LogP contribution >= 0.6 is 11.6 Å². The van der Waals surface area contributed by atoms with Gasteiger partial charge in [-0.2, -0.15) is 0 Å². The van der Waals surface area contributed by atoms with Gasteiger partial charge in [-0.25, -0.2) is 0 Å². The van der Waals surface area contributed by atoms with E-state index in [-0.39, 0.29) is 5.91 Å². The fourth-order valence-electron chi connectivity index (χ4n) is 2.41. The number of piperidine rings is 1. The van der Waals surface area contributed by atoms with Gasteiger partial charge in [0.25, 0.3) is 5.91 Å². The summed E-state index contributed by atoms with van der Waals surface area (Å²) in [6.07, 6.45) is 3.89. The Kier molecular flexibility index (Phi) is 5.23. The Morgan fingerprint density at radius 3 is 2.74 bits per heavy atom. The zero-order valence-corrected chi connectivity index (χ0v) is 12.2. The first-order valence-electron chi connectivity index (χ1n) is 6.93. The largest absolute Gasteiger partial charge is 0.351 e. The first kappa shape index (κ1) is 14.4. The van der Waals surface area contributed by atoms with E-state index in [2.05, 4.69) is 10.2 Å². The SMILES string of the molecule is Cc1ccc(C(=O)NCCN2CCCCC2)c(Cl)c1. The summed E-state index contributed by atoms with van der Waals surface area (Å²) in [5, 5.41) is 3.47. The lowest BCUT2D eigenvalue weighted by Gasteiger charge is -2.26. The second-order valence-corrected chi connectivity index (χ2v) is 5.55. The van der Waals surface area contributed by atoms with Gasteiger partial charge in [0.15, 0.2) is 0 Å². The summed E-state index contributed by atoms with van der Waals surface area (Å²) in [6.45, 7) is 5.88. The number of carbonyl (C=O) groups is 1. The van der Waals surface area contributed by atoms with Gasteiger partial charge < -0.3 is 10.2 Å². The number of amides is 1. The number of nitrogens with zero attached hydrogens (tertiary/aromatic N) is 1. The molecule has 3 nitrogen and oxygen atoms in total. The number of likely N-dealkylation sites (tertiary alicyclic amines) is 1. The third kappa shape index (κ3) is 4.22. The van der Waals surface area contributed by atoms with Gasteiger partial charge in [0.1, 0.15) is 0 Å². The maximum absolute atomic E-state index is 12.0. The molecule has 0 spiro atoms. The van der Waals surface area contributed by atoms with Gasteiger partial charge in [0.2, 0.25) is 0 Å². The molecule has 0 aromatic heterocycles. The number of benzene rings is 1. The molecule has 19 heavy (non-hydrogen) atoms. The molecular weight excluding hydrogens is 260 g/mol. The smallest absolute Gasteiger partial charge is 0.252 e. The van der Waals surface area contributed by atoms with Gasteiger partial charge in [-0.1, -0.05) is 24.1 Å². The molecule has 1 saturated heterocycles. The Hall–Kier alpha value is -1.06. The molecule has 0 atom stereocenters. The molecule has 1 aromatic carbocycles. The molecule has 1 amide bonds. The first-order chi connectivity index (χ1) is 9.16. The van der Waals surface area contributed by atoms with Crippen LogP contribution < -0.4 is 5.32 Å². The Morgan fingerprint density at radius 2 is 2.05 bits per heavy atom. The quantitative estimate of drug-likeness (QED) is 0.920. The van der Waals surface area contributed by atoms with Gasteiger partial charge in [0.05, 0.1) is 10.6 Å². The van der Waals surface area contributed by atoms with E-state index in [4.69, 9.17) is 11.6 Å². The predicted octanol–water partition coefficient (Wildman–Crippen LogP) is 2.86. The average molecular weight is 281 g/mol. The summed E-state index contributed by atoms with van der Waals surface area (Å²) >= 11 is 6.08. The maximum atomic E-state index is 12.0. The molecule has 1 aliphatic rings. The lowest BCUT2D eigenvalue weighted by molar-refractivity contribution is 0.0946. The molecule has 0 radical (unpaired) electrons. The maximum Gasteiger partial charge on any atom is 0.252 e. The Morgan fingerprint density at radius 1 is 1.32 bits per heavy atom. The van der Waals surface area contributed by atoms with E-state index in [0.717, 1.165) is 25.2 Å². The predicted molar refractivity (Wildman–Crippen MR) is 78.8 cm³/mol. The van der Waals surface area contributed by atoms with Gasteiger partial charge in [-0.3, -0.25) is 4.79 Å². The van der Waals surface area contributed by atoms with E-state index < -0.39 is 0 Å². The molecule has 2 rings (SSSR count). The minimum atomic E-state index is -0.0815. The van der Waals surface area contributed by atoms with E-state index in [1.54, 1.807) is 6.07 Å². The third-order valence-electron chi connectivity index (χ3n) is 3.53. The fourth-order valence-corrected chi connectivity index (χ4v) is 2.73. The highest BCUT2D eigenvalue weighted by Crippen LogP contribution is 2.17. The van der Waals surface area contributed by atoms with Crippen LogP contribution in [0, 0.1) is 6.92 Å². The Bertz CT molecular complexity index is 442. The van der Waals surface area contributed by atoms with Crippen LogP contribution in [0.5, 0.6) is 0 Å². The number of hydrogen-bond acceptors (Lipinski definition) is 2. The fraction of sp³-hybridized carbons (Fsp3) is 0.533. The zero-order valence-electron chi connectivity index (χ0n) is 11.4. The van der Waals surface area contributed by atoms with Crippen LogP contribution in [0.3, 0.4) is 0 Å². The molecule has 4 heteroatoms. The van der Waals surface area contributed by atoms with Crippen LogP contribution in [-0.4, -0.2) is 37.0 Å². The van der Waals surface area contributed by atoms with Gasteiger partial charge in [0, 0.05) is 13.1 Å². The van der Waals surface area contributed by atoms with E-state index >= 15 is 0 Å². The molecule has 1 fully saturated rings. The number of nitrogens with one attached hydrogen (secondary N) is 1. The second-order valence-electron chi connectivity index (χ2n) is 5.14. The van der Waals surface area contributed by atoms with Crippen LogP contribution in [-0.2, 0) is 0 Å². The minimum absolute atomic E-state index is 0.0815. The summed E-state index contributed by atoms with van der Waals surface area (Å²) in [5.41, 5.74) is 1.63. The second kappa shape index (κ2) is 6.92. The third-order valence-corrected chi connectivity index (χ3v) is 3.84. The minimum Gasteiger partial charge on any atom is -0.351 e.